The Kier molecular flexibility index (Phi) is 4.76. The predicted octanol–water partition coefficient (Wildman–Crippen LogP) is 1.96. The van der Waals surface area contributed by atoms with Crippen LogP contribution in [0, 0.1) is 0 Å². The summed E-state index contributed by atoms with van der Waals surface area (Å²) in [5.74, 6) is -0.136. The maximum atomic E-state index is 11.8. The Labute approximate surface area is 117 Å². The van der Waals surface area contributed by atoms with Gasteiger partial charge in [0.05, 0.1) is 0 Å². The highest BCUT2D eigenvalue weighted by Crippen LogP contribution is 2.10. The number of piperidine rings is 1. The third-order valence-electron chi connectivity index (χ3n) is 3.34. The van der Waals surface area contributed by atoms with E-state index in [1.807, 2.05) is 30.3 Å². The first-order valence-electron chi connectivity index (χ1n) is 6.66. The van der Waals surface area contributed by atoms with Crippen molar-refractivity contribution in [2.45, 2.75) is 18.9 Å². The summed E-state index contributed by atoms with van der Waals surface area (Å²) in [6.07, 6.45) is 3.72. The Morgan fingerprint density at radius 1 is 1.20 bits per heavy atom. The van der Waals surface area contributed by atoms with E-state index in [9.17, 15) is 9.59 Å². The Hall–Kier alpha value is -2.30. The van der Waals surface area contributed by atoms with Crippen molar-refractivity contribution in [2.75, 3.05) is 13.1 Å². The second-order valence-corrected chi connectivity index (χ2v) is 4.80. The molecule has 2 amide bonds. The Bertz CT molecular complexity index is 491. The van der Waals surface area contributed by atoms with Crippen LogP contribution in [-0.2, 0) is 4.79 Å². The van der Waals surface area contributed by atoms with Crippen molar-refractivity contribution in [1.29, 1.82) is 0 Å². The summed E-state index contributed by atoms with van der Waals surface area (Å²) >= 11 is 0. The van der Waals surface area contributed by atoms with Crippen LogP contribution < -0.4 is 5.32 Å². The van der Waals surface area contributed by atoms with Gasteiger partial charge < -0.3 is 15.3 Å². The molecule has 0 bridgehead atoms. The zero-order chi connectivity index (χ0) is 14.4. The van der Waals surface area contributed by atoms with Crippen molar-refractivity contribution in [3.8, 4) is 0 Å². The summed E-state index contributed by atoms with van der Waals surface area (Å²) in [5.41, 5.74) is 0.975. The maximum Gasteiger partial charge on any atom is 0.407 e. The molecule has 2 rings (SSSR count). The molecule has 2 N–H and O–H groups in total. The van der Waals surface area contributed by atoms with Gasteiger partial charge in [-0.15, -0.1) is 0 Å². The van der Waals surface area contributed by atoms with E-state index in [0.29, 0.717) is 25.9 Å². The van der Waals surface area contributed by atoms with E-state index in [2.05, 4.69) is 5.32 Å². The van der Waals surface area contributed by atoms with Crippen LogP contribution in [0.2, 0.25) is 0 Å². The normalized spacial score (nSPS) is 16.3. The van der Waals surface area contributed by atoms with E-state index >= 15 is 0 Å². The van der Waals surface area contributed by atoms with Crippen molar-refractivity contribution >= 4 is 18.1 Å². The first-order chi connectivity index (χ1) is 9.65. The van der Waals surface area contributed by atoms with E-state index in [0.717, 1.165) is 5.56 Å². The molecule has 1 heterocycles. The highest BCUT2D eigenvalue weighted by atomic mass is 16.4. The molecule has 0 atom stereocenters. The third-order valence-corrected chi connectivity index (χ3v) is 3.34. The fraction of sp³-hybridized carbons (Fsp3) is 0.333. The molecule has 106 valence electrons. The van der Waals surface area contributed by atoms with Crippen LogP contribution >= 0.6 is 0 Å². The Morgan fingerprint density at radius 3 is 2.45 bits per heavy atom. The molecule has 5 heteroatoms. The van der Waals surface area contributed by atoms with Gasteiger partial charge >= 0.3 is 6.09 Å². The van der Waals surface area contributed by atoms with E-state index < -0.39 is 6.09 Å². The van der Waals surface area contributed by atoms with Crippen LogP contribution in [0.4, 0.5) is 4.79 Å². The highest BCUT2D eigenvalue weighted by molar-refractivity contribution is 5.91. The summed E-state index contributed by atoms with van der Waals surface area (Å²) in [6, 6.07) is 9.66. The molecule has 0 saturated carbocycles. The standard InChI is InChI=1S/C15H18N2O3/c18-14(7-6-12-4-2-1-3-5-12)16-13-8-10-17(11-9-13)15(19)20/h1-7,13H,8-11H2,(H,16,18)(H,19,20). The average molecular weight is 274 g/mol. The number of hydrogen-bond acceptors (Lipinski definition) is 2. The first-order valence-corrected chi connectivity index (χ1v) is 6.66. The number of nitrogens with one attached hydrogen (secondary N) is 1. The molecule has 0 unspecified atom stereocenters. The Morgan fingerprint density at radius 2 is 1.85 bits per heavy atom. The summed E-state index contributed by atoms with van der Waals surface area (Å²) in [6.45, 7) is 0.950. The van der Waals surface area contributed by atoms with Crippen LogP contribution in [0.1, 0.15) is 18.4 Å². The zero-order valence-electron chi connectivity index (χ0n) is 11.2. The molecule has 0 radical (unpaired) electrons. The van der Waals surface area contributed by atoms with E-state index in [-0.39, 0.29) is 11.9 Å². The number of carbonyl (C=O) groups excluding carboxylic acids is 1. The lowest BCUT2D eigenvalue weighted by Gasteiger charge is -2.30. The topological polar surface area (TPSA) is 69.6 Å². The van der Waals surface area contributed by atoms with Gasteiger partial charge in [-0.3, -0.25) is 4.79 Å². The summed E-state index contributed by atoms with van der Waals surface area (Å²) < 4.78 is 0. The van der Waals surface area contributed by atoms with Gasteiger partial charge in [0.2, 0.25) is 5.91 Å². The minimum Gasteiger partial charge on any atom is -0.465 e. The quantitative estimate of drug-likeness (QED) is 0.828. The molecule has 1 aliphatic rings. The lowest BCUT2D eigenvalue weighted by molar-refractivity contribution is -0.117. The van der Waals surface area contributed by atoms with Crippen molar-refractivity contribution < 1.29 is 14.7 Å². The molecule has 1 fully saturated rings. The van der Waals surface area contributed by atoms with Crippen molar-refractivity contribution in [1.82, 2.24) is 10.2 Å². The number of rotatable bonds is 3. The van der Waals surface area contributed by atoms with Crippen molar-refractivity contribution in [3.05, 3.63) is 42.0 Å². The number of carboxylic acid groups (broad SMARTS) is 1. The number of carbonyl (C=O) groups is 2. The van der Waals surface area contributed by atoms with Crippen LogP contribution in [-0.4, -0.2) is 41.1 Å². The fourth-order valence-electron chi connectivity index (χ4n) is 2.20. The van der Waals surface area contributed by atoms with Gasteiger partial charge in [0.15, 0.2) is 0 Å². The monoisotopic (exact) mass is 274 g/mol. The molecule has 1 aromatic rings. The molecule has 5 nitrogen and oxygen atoms in total. The number of amides is 2. The van der Waals surface area contributed by atoms with Gasteiger partial charge in [0.25, 0.3) is 0 Å². The minimum absolute atomic E-state index is 0.0542. The van der Waals surface area contributed by atoms with Gasteiger partial charge in [-0.2, -0.15) is 0 Å². The van der Waals surface area contributed by atoms with Gasteiger partial charge in [-0.1, -0.05) is 30.3 Å². The summed E-state index contributed by atoms with van der Waals surface area (Å²) in [7, 11) is 0. The van der Waals surface area contributed by atoms with Crippen LogP contribution in [0.15, 0.2) is 36.4 Å². The van der Waals surface area contributed by atoms with Crippen molar-refractivity contribution in [3.63, 3.8) is 0 Å². The molecule has 1 aliphatic heterocycles. The van der Waals surface area contributed by atoms with Crippen LogP contribution in [0.25, 0.3) is 6.08 Å². The fourth-order valence-corrected chi connectivity index (χ4v) is 2.20. The van der Waals surface area contributed by atoms with Crippen LogP contribution in [0.3, 0.4) is 0 Å². The van der Waals surface area contributed by atoms with E-state index in [1.54, 1.807) is 6.08 Å². The lowest BCUT2D eigenvalue weighted by atomic mass is 10.1. The molecular formula is C15H18N2O3. The average Bonchev–Trinajstić information content (AvgIpc) is 2.47. The lowest BCUT2D eigenvalue weighted by Crippen LogP contribution is -2.45. The van der Waals surface area contributed by atoms with Gasteiger partial charge in [0, 0.05) is 25.2 Å². The number of nitrogens with zero attached hydrogens (tertiary/aromatic N) is 1. The second kappa shape index (κ2) is 6.75. The molecule has 1 aromatic carbocycles. The second-order valence-electron chi connectivity index (χ2n) is 4.80. The molecule has 0 aromatic heterocycles. The van der Waals surface area contributed by atoms with E-state index in [4.69, 9.17) is 5.11 Å². The van der Waals surface area contributed by atoms with Gasteiger partial charge in [0.1, 0.15) is 0 Å². The van der Waals surface area contributed by atoms with Gasteiger partial charge in [-0.25, -0.2) is 4.79 Å². The molecular weight excluding hydrogens is 256 g/mol. The highest BCUT2D eigenvalue weighted by Gasteiger charge is 2.22. The summed E-state index contributed by atoms with van der Waals surface area (Å²) in [4.78, 5) is 23.9. The SMILES string of the molecule is O=C(C=Cc1ccccc1)NC1CCN(C(=O)O)CC1. The smallest absolute Gasteiger partial charge is 0.407 e. The first kappa shape index (κ1) is 14.1. The zero-order valence-corrected chi connectivity index (χ0v) is 11.2. The molecule has 1 saturated heterocycles. The number of likely N-dealkylation sites (tertiary alicyclic amines) is 1. The molecule has 0 aliphatic carbocycles. The number of hydrogen-bond donors (Lipinski definition) is 2. The largest absolute Gasteiger partial charge is 0.465 e. The van der Waals surface area contributed by atoms with Crippen molar-refractivity contribution in [2.24, 2.45) is 0 Å². The number of benzene rings is 1. The predicted molar refractivity (Wildman–Crippen MR) is 76.2 cm³/mol. The van der Waals surface area contributed by atoms with E-state index in [1.165, 1.54) is 11.0 Å². The molecule has 20 heavy (non-hydrogen) atoms. The maximum absolute atomic E-state index is 11.8. The third kappa shape index (κ3) is 4.12. The van der Waals surface area contributed by atoms with Crippen LogP contribution in [0.5, 0.6) is 0 Å². The minimum atomic E-state index is -0.890. The Balaban J connectivity index is 1.78. The van der Waals surface area contributed by atoms with Gasteiger partial charge in [-0.05, 0) is 24.5 Å². The summed E-state index contributed by atoms with van der Waals surface area (Å²) in [5, 5.41) is 11.7. The molecule has 0 spiro atoms.